The van der Waals surface area contributed by atoms with Gasteiger partial charge in [-0.05, 0) is 36.4 Å². The molecular weight excluding hydrogens is 446 g/mol. The van der Waals surface area contributed by atoms with Crippen molar-refractivity contribution < 1.29 is 40.5 Å². The zero-order chi connectivity index (χ0) is 24.8. The van der Waals surface area contributed by atoms with Crippen molar-refractivity contribution in [2.24, 2.45) is 0 Å². The van der Waals surface area contributed by atoms with Gasteiger partial charge >= 0.3 is 0 Å². The Morgan fingerprint density at radius 2 is 1.26 bits per heavy atom. The van der Waals surface area contributed by atoms with E-state index in [1.165, 1.54) is 42.6 Å². The predicted octanol–water partition coefficient (Wildman–Crippen LogP) is 0.817. The van der Waals surface area contributed by atoms with Crippen LogP contribution in [0.25, 0.3) is 0 Å². The Morgan fingerprint density at radius 1 is 0.794 bits per heavy atom. The maximum absolute atomic E-state index is 12.6. The van der Waals surface area contributed by atoms with E-state index in [9.17, 15) is 40.5 Å². The van der Waals surface area contributed by atoms with E-state index in [-0.39, 0.29) is 50.7 Å². The third-order valence-electron chi connectivity index (χ3n) is 5.11. The van der Waals surface area contributed by atoms with Crippen molar-refractivity contribution in [3.63, 3.8) is 0 Å². The van der Waals surface area contributed by atoms with Crippen LogP contribution in [0.15, 0.2) is 42.6 Å². The van der Waals surface area contributed by atoms with Crippen LogP contribution in [0.4, 0.5) is 11.4 Å². The summed E-state index contributed by atoms with van der Waals surface area (Å²) in [6.45, 7) is -1.89. The van der Waals surface area contributed by atoms with E-state index < -0.39 is 38.6 Å². The highest BCUT2D eigenvalue weighted by Gasteiger charge is 2.16. The number of aliphatic hydroxyl groups excluding tert-OH is 5. The van der Waals surface area contributed by atoms with Gasteiger partial charge in [0.15, 0.2) is 6.23 Å². The lowest BCUT2D eigenvalue weighted by molar-refractivity contribution is 0.102. The molecule has 0 saturated carbocycles. The third-order valence-corrected chi connectivity index (χ3v) is 5.11. The highest BCUT2D eigenvalue weighted by Crippen LogP contribution is 2.29. The summed E-state index contributed by atoms with van der Waals surface area (Å²) < 4.78 is 0. The lowest BCUT2D eigenvalue weighted by Crippen LogP contribution is -2.15. The fraction of sp³-hybridized carbons (Fsp3) is 0.217. The molecule has 1 amide bonds. The minimum Gasteiger partial charge on any atom is -0.507 e. The molecule has 34 heavy (non-hydrogen) atoms. The Balaban J connectivity index is 1.73. The second kappa shape index (κ2) is 10.9. The van der Waals surface area contributed by atoms with Crippen LogP contribution in [0.5, 0.6) is 11.5 Å². The van der Waals surface area contributed by atoms with Gasteiger partial charge < -0.3 is 46.4 Å². The number of aliphatic hydroxyl groups is 5. The quantitative estimate of drug-likeness (QED) is 0.159. The molecule has 3 aromatic rings. The molecule has 1 aromatic heterocycles. The molecular formula is C23H25N3O8. The fourth-order valence-electron chi connectivity index (χ4n) is 3.29. The standard InChI is InChI=1S/C23H25N3O8/c27-8-13-3-17(4-14(9-28)20(13)31)25-22(33)12-1-2-19(24-7-12)23(34)26-18-5-15(10-29)21(32)16(6-18)11-30/h1-7,23,26-32,34H,8-11H2,(H,25,33). The summed E-state index contributed by atoms with van der Waals surface area (Å²) in [6.07, 6.45) is -0.0542. The molecule has 0 aliphatic heterocycles. The molecule has 180 valence electrons. The molecule has 0 spiro atoms. The Labute approximate surface area is 194 Å². The van der Waals surface area contributed by atoms with Crippen molar-refractivity contribution in [1.82, 2.24) is 4.98 Å². The van der Waals surface area contributed by atoms with Gasteiger partial charge in [0.2, 0.25) is 0 Å². The van der Waals surface area contributed by atoms with Crippen molar-refractivity contribution >= 4 is 17.3 Å². The highest BCUT2D eigenvalue weighted by molar-refractivity contribution is 6.04. The van der Waals surface area contributed by atoms with Crippen molar-refractivity contribution in [3.05, 3.63) is 76.1 Å². The van der Waals surface area contributed by atoms with Crippen LogP contribution < -0.4 is 10.6 Å². The van der Waals surface area contributed by atoms with Crippen molar-refractivity contribution in [3.8, 4) is 11.5 Å². The molecule has 0 bridgehead atoms. The van der Waals surface area contributed by atoms with Crippen molar-refractivity contribution in [2.75, 3.05) is 10.6 Å². The number of rotatable bonds is 9. The molecule has 0 radical (unpaired) electrons. The van der Waals surface area contributed by atoms with E-state index in [0.29, 0.717) is 5.69 Å². The largest absolute Gasteiger partial charge is 0.507 e. The van der Waals surface area contributed by atoms with E-state index in [2.05, 4.69) is 15.6 Å². The lowest BCUT2D eigenvalue weighted by atomic mass is 10.1. The number of amides is 1. The summed E-state index contributed by atoms with van der Waals surface area (Å²) in [6, 6.07) is 8.43. The molecule has 1 unspecified atom stereocenters. The second-order valence-electron chi connectivity index (χ2n) is 7.39. The van der Waals surface area contributed by atoms with Crippen LogP contribution in [0.1, 0.15) is 44.5 Å². The molecule has 9 N–H and O–H groups in total. The maximum Gasteiger partial charge on any atom is 0.257 e. The topological polar surface area (TPSA) is 196 Å². The first-order valence-electron chi connectivity index (χ1n) is 10.2. The van der Waals surface area contributed by atoms with Gasteiger partial charge in [-0.2, -0.15) is 0 Å². The molecule has 0 saturated heterocycles. The van der Waals surface area contributed by atoms with Crippen LogP contribution in [-0.4, -0.2) is 46.6 Å². The second-order valence-corrected chi connectivity index (χ2v) is 7.39. The summed E-state index contributed by atoms with van der Waals surface area (Å²) >= 11 is 0. The number of carbonyl (C=O) groups excluding carboxylic acids is 1. The molecule has 1 atom stereocenters. The number of carbonyl (C=O) groups is 1. The molecule has 11 heteroatoms. The van der Waals surface area contributed by atoms with Crippen LogP contribution in [-0.2, 0) is 26.4 Å². The van der Waals surface area contributed by atoms with E-state index in [4.69, 9.17) is 0 Å². The maximum atomic E-state index is 12.6. The van der Waals surface area contributed by atoms with Gasteiger partial charge in [0.1, 0.15) is 11.5 Å². The number of nitrogens with one attached hydrogen (secondary N) is 2. The molecule has 2 aromatic carbocycles. The normalized spacial score (nSPS) is 11.8. The fourth-order valence-corrected chi connectivity index (χ4v) is 3.29. The van der Waals surface area contributed by atoms with E-state index in [0.717, 1.165) is 0 Å². The van der Waals surface area contributed by atoms with Gasteiger partial charge in [-0.15, -0.1) is 0 Å². The van der Waals surface area contributed by atoms with E-state index in [1.54, 1.807) is 0 Å². The van der Waals surface area contributed by atoms with Crippen LogP contribution in [0, 0.1) is 0 Å². The Bertz CT molecular complexity index is 1120. The van der Waals surface area contributed by atoms with Gasteiger partial charge in [0, 0.05) is 39.8 Å². The van der Waals surface area contributed by atoms with Gasteiger partial charge in [0.25, 0.3) is 5.91 Å². The number of aromatic hydroxyl groups is 2. The zero-order valence-electron chi connectivity index (χ0n) is 17.9. The number of aromatic nitrogens is 1. The van der Waals surface area contributed by atoms with E-state index in [1.807, 2.05) is 0 Å². The van der Waals surface area contributed by atoms with Gasteiger partial charge in [0.05, 0.1) is 37.7 Å². The van der Waals surface area contributed by atoms with Crippen LogP contribution in [0.2, 0.25) is 0 Å². The molecule has 1 heterocycles. The number of benzene rings is 2. The van der Waals surface area contributed by atoms with Crippen LogP contribution in [0.3, 0.4) is 0 Å². The van der Waals surface area contributed by atoms with Crippen molar-refractivity contribution in [1.29, 1.82) is 0 Å². The number of hydrogen-bond donors (Lipinski definition) is 9. The minimum absolute atomic E-state index is 0.146. The summed E-state index contributed by atoms with van der Waals surface area (Å²) in [5.41, 5.74) is 1.56. The molecule has 0 aliphatic carbocycles. The predicted molar refractivity (Wildman–Crippen MR) is 121 cm³/mol. The Hall–Kier alpha value is -3.74. The smallest absolute Gasteiger partial charge is 0.257 e. The van der Waals surface area contributed by atoms with Gasteiger partial charge in [-0.25, -0.2) is 0 Å². The van der Waals surface area contributed by atoms with E-state index >= 15 is 0 Å². The Kier molecular flexibility index (Phi) is 7.99. The number of anilines is 2. The number of nitrogens with zero attached hydrogens (tertiary/aromatic N) is 1. The van der Waals surface area contributed by atoms with Gasteiger partial charge in [-0.1, -0.05) is 0 Å². The van der Waals surface area contributed by atoms with Gasteiger partial charge in [-0.3, -0.25) is 9.78 Å². The number of hydrogen-bond acceptors (Lipinski definition) is 10. The molecule has 0 fully saturated rings. The average molecular weight is 471 g/mol. The summed E-state index contributed by atoms with van der Waals surface area (Å²) in [5.74, 6) is -1.02. The minimum atomic E-state index is -1.30. The monoisotopic (exact) mass is 471 g/mol. The summed E-state index contributed by atoms with van der Waals surface area (Å²) in [5, 5.41) is 73.0. The highest BCUT2D eigenvalue weighted by atomic mass is 16.3. The lowest BCUT2D eigenvalue weighted by Gasteiger charge is -2.17. The first-order chi connectivity index (χ1) is 16.3. The first kappa shape index (κ1) is 24.9. The number of phenols is 2. The average Bonchev–Trinajstić information content (AvgIpc) is 2.85. The van der Waals surface area contributed by atoms with Crippen LogP contribution >= 0.6 is 0 Å². The molecule has 11 nitrogen and oxygen atoms in total. The first-order valence-corrected chi connectivity index (χ1v) is 10.2. The SMILES string of the molecule is O=C(Nc1cc(CO)c(O)c(CO)c1)c1ccc(C(O)Nc2cc(CO)c(O)c(CO)c2)nc1. The third kappa shape index (κ3) is 5.42. The van der Waals surface area contributed by atoms with Crippen molar-refractivity contribution in [2.45, 2.75) is 32.7 Å². The molecule has 3 rings (SSSR count). The molecule has 0 aliphatic rings. The number of pyridine rings is 1. The summed E-state index contributed by atoms with van der Waals surface area (Å²) in [4.78, 5) is 16.6. The summed E-state index contributed by atoms with van der Waals surface area (Å²) in [7, 11) is 0. The Morgan fingerprint density at radius 3 is 1.68 bits per heavy atom. The zero-order valence-corrected chi connectivity index (χ0v) is 17.9.